The van der Waals surface area contributed by atoms with E-state index in [-0.39, 0.29) is 12.2 Å². The number of amides is 1. The van der Waals surface area contributed by atoms with E-state index in [0.717, 1.165) is 11.5 Å². The molecule has 3 aromatic heterocycles. The summed E-state index contributed by atoms with van der Waals surface area (Å²) >= 11 is 1.89. The highest BCUT2D eigenvalue weighted by Crippen LogP contribution is 2.34. The number of rotatable bonds is 5. The van der Waals surface area contributed by atoms with Crippen LogP contribution in [0.15, 0.2) is 41.1 Å². The van der Waals surface area contributed by atoms with Crippen LogP contribution >= 0.6 is 11.8 Å². The SMILES string of the molecule is CN1CC[C@@](O)(c2cc(-c3cccc(-c4ccnc(NC5CSC5)n4)n3)no2)C1=O. The van der Waals surface area contributed by atoms with E-state index in [1.54, 1.807) is 31.4 Å². The second kappa shape index (κ2) is 7.37. The van der Waals surface area contributed by atoms with Gasteiger partial charge in [0.2, 0.25) is 11.5 Å². The van der Waals surface area contributed by atoms with Crippen molar-refractivity contribution in [3.8, 4) is 22.8 Å². The summed E-state index contributed by atoms with van der Waals surface area (Å²) in [4.78, 5) is 27.3. The zero-order chi connectivity index (χ0) is 20.7. The van der Waals surface area contributed by atoms with Gasteiger partial charge in [0.05, 0.1) is 17.1 Å². The van der Waals surface area contributed by atoms with E-state index in [2.05, 4.69) is 25.4 Å². The van der Waals surface area contributed by atoms with Crippen molar-refractivity contribution in [2.24, 2.45) is 0 Å². The average molecular weight is 424 g/mol. The third-order valence-electron chi connectivity index (χ3n) is 5.33. The first-order chi connectivity index (χ1) is 14.5. The number of likely N-dealkylation sites (tertiary alicyclic amines) is 1. The molecule has 3 aromatic rings. The molecule has 2 aliphatic rings. The summed E-state index contributed by atoms with van der Waals surface area (Å²) in [6.45, 7) is 0.461. The number of nitrogens with one attached hydrogen (secondary N) is 1. The molecule has 30 heavy (non-hydrogen) atoms. The van der Waals surface area contributed by atoms with Crippen LogP contribution < -0.4 is 5.32 Å². The van der Waals surface area contributed by atoms with E-state index in [4.69, 9.17) is 4.52 Å². The molecule has 0 aliphatic carbocycles. The second-order valence-electron chi connectivity index (χ2n) is 7.47. The summed E-state index contributed by atoms with van der Waals surface area (Å²) in [5, 5.41) is 18.1. The number of carbonyl (C=O) groups is 1. The predicted molar refractivity (Wildman–Crippen MR) is 112 cm³/mol. The lowest BCUT2D eigenvalue weighted by Crippen LogP contribution is -2.35. The molecule has 2 N–H and O–H groups in total. The van der Waals surface area contributed by atoms with Gasteiger partial charge < -0.3 is 19.8 Å². The summed E-state index contributed by atoms with van der Waals surface area (Å²) in [7, 11) is 1.65. The monoisotopic (exact) mass is 424 g/mol. The minimum atomic E-state index is -1.68. The molecule has 0 unspecified atom stereocenters. The molecule has 0 bridgehead atoms. The molecule has 2 saturated heterocycles. The smallest absolute Gasteiger partial charge is 0.262 e. The Bertz CT molecular complexity index is 1100. The van der Waals surface area contributed by atoms with Gasteiger partial charge in [0.15, 0.2) is 5.76 Å². The van der Waals surface area contributed by atoms with Crippen LogP contribution in [-0.4, -0.2) is 67.2 Å². The van der Waals surface area contributed by atoms with Gasteiger partial charge in [-0.1, -0.05) is 11.2 Å². The van der Waals surface area contributed by atoms with Gasteiger partial charge in [0, 0.05) is 49.8 Å². The van der Waals surface area contributed by atoms with Crippen molar-refractivity contribution in [2.45, 2.75) is 18.1 Å². The largest absolute Gasteiger partial charge is 0.373 e. The summed E-state index contributed by atoms with van der Waals surface area (Å²) in [5.41, 5.74) is 0.692. The molecule has 5 rings (SSSR count). The molecule has 1 atom stereocenters. The Morgan fingerprint density at radius 3 is 2.67 bits per heavy atom. The van der Waals surface area contributed by atoms with Crippen molar-refractivity contribution in [1.29, 1.82) is 0 Å². The van der Waals surface area contributed by atoms with E-state index in [1.807, 2.05) is 23.9 Å². The Labute approximate surface area is 176 Å². The highest BCUT2D eigenvalue weighted by Gasteiger charge is 2.48. The van der Waals surface area contributed by atoms with Crippen LogP contribution in [0.25, 0.3) is 22.8 Å². The van der Waals surface area contributed by atoms with Crippen molar-refractivity contribution < 1.29 is 14.4 Å². The minimum absolute atomic E-state index is 0.131. The third kappa shape index (κ3) is 3.31. The lowest BCUT2D eigenvalue weighted by Gasteiger charge is -2.25. The van der Waals surface area contributed by atoms with Gasteiger partial charge in [-0.15, -0.1) is 0 Å². The van der Waals surface area contributed by atoms with Crippen LogP contribution in [0.1, 0.15) is 12.2 Å². The molecule has 0 radical (unpaired) electrons. The first kappa shape index (κ1) is 19.0. The fourth-order valence-corrected chi connectivity index (χ4v) is 4.10. The number of aromatic nitrogens is 4. The first-order valence-electron chi connectivity index (χ1n) is 9.63. The van der Waals surface area contributed by atoms with Gasteiger partial charge in [0.1, 0.15) is 5.69 Å². The van der Waals surface area contributed by atoms with E-state index >= 15 is 0 Å². The maximum atomic E-state index is 12.3. The molecule has 2 fully saturated rings. The number of aliphatic hydroxyl groups is 1. The highest BCUT2D eigenvalue weighted by molar-refractivity contribution is 8.00. The molecular weight excluding hydrogens is 404 g/mol. The average Bonchev–Trinajstić information content (AvgIpc) is 3.34. The second-order valence-corrected chi connectivity index (χ2v) is 8.54. The molecule has 5 heterocycles. The normalized spacial score (nSPS) is 21.7. The summed E-state index contributed by atoms with van der Waals surface area (Å²) in [5.74, 6) is 2.43. The van der Waals surface area contributed by atoms with E-state index in [9.17, 15) is 9.90 Å². The van der Waals surface area contributed by atoms with Crippen LogP contribution in [0.4, 0.5) is 5.95 Å². The highest BCUT2D eigenvalue weighted by atomic mass is 32.2. The number of carbonyl (C=O) groups excluding carboxylic acids is 1. The molecule has 9 nitrogen and oxygen atoms in total. The number of hydrogen-bond acceptors (Lipinski definition) is 9. The molecule has 154 valence electrons. The topological polar surface area (TPSA) is 117 Å². The van der Waals surface area contributed by atoms with Crippen LogP contribution in [0.3, 0.4) is 0 Å². The molecule has 10 heteroatoms. The third-order valence-corrected chi connectivity index (χ3v) is 6.60. The van der Waals surface area contributed by atoms with E-state index in [1.165, 1.54) is 4.90 Å². The molecular formula is C20H20N6O3S. The van der Waals surface area contributed by atoms with E-state index in [0.29, 0.717) is 41.3 Å². The Morgan fingerprint density at radius 2 is 1.97 bits per heavy atom. The van der Waals surface area contributed by atoms with Crippen molar-refractivity contribution in [1.82, 2.24) is 25.0 Å². The lowest BCUT2D eigenvalue weighted by atomic mass is 9.98. The number of hydrogen-bond donors (Lipinski definition) is 2. The number of likely N-dealkylation sites (N-methyl/N-ethyl adjacent to an activating group) is 1. The number of pyridine rings is 1. The van der Waals surface area contributed by atoms with Crippen molar-refractivity contribution >= 4 is 23.6 Å². The summed E-state index contributed by atoms with van der Waals surface area (Å²) in [6.07, 6.45) is 1.97. The molecule has 1 amide bonds. The Kier molecular flexibility index (Phi) is 4.67. The Balaban J connectivity index is 1.41. The van der Waals surface area contributed by atoms with Gasteiger partial charge in [-0.2, -0.15) is 11.8 Å². The van der Waals surface area contributed by atoms with E-state index < -0.39 is 11.5 Å². The maximum absolute atomic E-state index is 12.3. The molecule has 0 saturated carbocycles. The Hall–Kier alpha value is -2.98. The molecule has 2 aliphatic heterocycles. The number of thioether (sulfide) groups is 1. The lowest BCUT2D eigenvalue weighted by molar-refractivity contribution is -0.144. The Morgan fingerprint density at radius 1 is 1.20 bits per heavy atom. The van der Waals surface area contributed by atoms with Gasteiger partial charge >= 0.3 is 0 Å². The standard InChI is InChI=1S/C20H20N6O3S/c1-26-8-6-20(28,18(26)27)17-9-16(25-29-17)14-4-2-3-13(23-14)15-5-7-21-19(24-15)22-12-10-30-11-12/h2-5,7,9,12,28H,6,8,10-11H2,1H3,(H,21,22,24)/t20-/m1/s1. The van der Waals surface area contributed by atoms with Gasteiger partial charge in [0.25, 0.3) is 5.91 Å². The van der Waals surface area contributed by atoms with Crippen molar-refractivity contribution in [2.75, 3.05) is 30.4 Å². The van der Waals surface area contributed by atoms with Crippen molar-refractivity contribution in [3.05, 3.63) is 42.3 Å². The summed E-state index contributed by atoms with van der Waals surface area (Å²) < 4.78 is 5.33. The van der Waals surface area contributed by atoms with Crippen LogP contribution in [-0.2, 0) is 10.4 Å². The van der Waals surface area contributed by atoms with Gasteiger partial charge in [-0.3, -0.25) is 4.79 Å². The zero-order valence-electron chi connectivity index (χ0n) is 16.3. The number of anilines is 1. The van der Waals surface area contributed by atoms with Gasteiger partial charge in [-0.25, -0.2) is 15.0 Å². The van der Waals surface area contributed by atoms with Crippen LogP contribution in [0, 0.1) is 0 Å². The number of nitrogens with zero attached hydrogens (tertiary/aromatic N) is 5. The first-order valence-corrected chi connectivity index (χ1v) is 10.8. The molecule has 0 aromatic carbocycles. The fourth-order valence-electron chi connectivity index (χ4n) is 3.47. The zero-order valence-corrected chi connectivity index (χ0v) is 17.1. The minimum Gasteiger partial charge on any atom is -0.373 e. The summed E-state index contributed by atoms with van der Waals surface area (Å²) in [6, 6.07) is 9.29. The van der Waals surface area contributed by atoms with Gasteiger partial charge in [-0.05, 0) is 18.2 Å². The molecule has 0 spiro atoms. The predicted octanol–water partition coefficient (Wildman–Crippen LogP) is 1.77. The quantitative estimate of drug-likeness (QED) is 0.632. The fraction of sp³-hybridized carbons (Fsp3) is 0.350. The van der Waals surface area contributed by atoms with Crippen molar-refractivity contribution in [3.63, 3.8) is 0 Å². The van der Waals surface area contributed by atoms with Crippen LogP contribution in [0.2, 0.25) is 0 Å². The van der Waals surface area contributed by atoms with Crippen LogP contribution in [0.5, 0.6) is 0 Å². The maximum Gasteiger partial charge on any atom is 0.262 e.